The van der Waals surface area contributed by atoms with Crippen LogP contribution < -0.4 is 0 Å². The van der Waals surface area contributed by atoms with Crippen LogP contribution in [0.15, 0.2) is 11.8 Å². The van der Waals surface area contributed by atoms with Gasteiger partial charge in [0.05, 0.1) is 5.76 Å². The fraction of sp³-hybridized carbons (Fsp3) is 0.889. The average molecular weight is 297 g/mol. The molecule has 1 aliphatic rings. The predicted molar refractivity (Wildman–Crippen MR) is 92.5 cm³/mol. The second-order valence-electron chi connectivity index (χ2n) is 7.31. The summed E-state index contributed by atoms with van der Waals surface area (Å²) in [6, 6.07) is 0. The summed E-state index contributed by atoms with van der Waals surface area (Å²) in [4.78, 5) is 0. The van der Waals surface area contributed by atoms with E-state index in [9.17, 15) is 0 Å². The molecule has 0 radical (unpaired) electrons. The van der Waals surface area contributed by atoms with Crippen LogP contribution in [0.3, 0.4) is 0 Å². The van der Waals surface area contributed by atoms with Gasteiger partial charge < -0.3 is 4.43 Å². The van der Waals surface area contributed by atoms with Crippen LogP contribution in [-0.2, 0) is 4.43 Å². The molecule has 0 saturated heterocycles. The minimum absolute atomic E-state index is 1.17. The van der Waals surface area contributed by atoms with Gasteiger partial charge in [0.15, 0.2) is 0 Å². The van der Waals surface area contributed by atoms with E-state index in [4.69, 9.17) is 4.43 Å². The highest BCUT2D eigenvalue weighted by molar-refractivity contribution is 6.70. The minimum Gasteiger partial charge on any atom is -0.548 e. The monoisotopic (exact) mass is 296 g/mol. The van der Waals surface area contributed by atoms with Crippen molar-refractivity contribution in [3.05, 3.63) is 11.8 Å². The fourth-order valence-corrected chi connectivity index (χ4v) is 3.86. The van der Waals surface area contributed by atoms with E-state index < -0.39 is 8.32 Å². The first-order valence-corrected chi connectivity index (χ1v) is 12.4. The lowest BCUT2D eigenvalue weighted by molar-refractivity contribution is 0.388. The zero-order valence-electron chi connectivity index (χ0n) is 14.2. The molecule has 0 fully saturated rings. The summed E-state index contributed by atoms with van der Waals surface area (Å²) in [5.41, 5.74) is 0. The Morgan fingerprint density at radius 2 is 1.15 bits per heavy atom. The first kappa shape index (κ1) is 17.8. The Hall–Kier alpha value is -0.243. The van der Waals surface area contributed by atoms with Crippen molar-refractivity contribution in [3.8, 4) is 0 Å². The van der Waals surface area contributed by atoms with E-state index in [1.54, 1.807) is 0 Å². The van der Waals surface area contributed by atoms with Crippen molar-refractivity contribution in [2.45, 2.75) is 103 Å². The van der Waals surface area contributed by atoms with Crippen molar-refractivity contribution in [1.29, 1.82) is 0 Å². The lowest BCUT2D eigenvalue weighted by atomic mass is 10.1. The van der Waals surface area contributed by atoms with Gasteiger partial charge in [-0.3, -0.25) is 0 Å². The van der Waals surface area contributed by atoms with E-state index in [-0.39, 0.29) is 0 Å². The van der Waals surface area contributed by atoms with E-state index in [1.165, 1.54) is 89.2 Å². The predicted octanol–water partition coefficient (Wildman–Crippen LogP) is 6.81. The van der Waals surface area contributed by atoms with Crippen LogP contribution >= 0.6 is 0 Å². The Morgan fingerprint density at radius 3 is 1.65 bits per heavy atom. The maximum absolute atomic E-state index is 6.26. The minimum atomic E-state index is -1.43. The topological polar surface area (TPSA) is 9.23 Å². The number of allylic oxidation sites excluding steroid dienone is 2. The summed E-state index contributed by atoms with van der Waals surface area (Å²) in [6.07, 6.45) is 20.3. The third-order valence-electron chi connectivity index (χ3n) is 3.94. The molecule has 118 valence electrons. The summed E-state index contributed by atoms with van der Waals surface area (Å²) in [6.45, 7) is 6.88. The standard InChI is InChI=1S/C18H36OSi/c1-20(2,3)19-18-16-14-12-10-8-6-4-5-7-9-11-13-15-17-18/h16H,4-15,17H2,1-3H3. The molecule has 1 aliphatic carbocycles. The molecular weight excluding hydrogens is 260 g/mol. The van der Waals surface area contributed by atoms with Crippen molar-refractivity contribution in [2.24, 2.45) is 0 Å². The fourth-order valence-electron chi connectivity index (χ4n) is 2.89. The summed E-state index contributed by atoms with van der Waals surface area (Å²) >= 11 is 0. The highest BCUT2D eigenvalue weighted by atomic mass is 28.4. The Labute approximate surface area is 128 Å². The number of hydrogen-bond donors (Lipinski definition) is 0. The van der Waals surface area contributed by atoms with Crippen LogP contribution in [0.1, 0.15) is 83.5 Å². The molecule has 2 heteroatoms. The van der Waals surface area contributed by atoms with Crippen LogP contribution in [0.5, 0.6) is 0 Å². The Bertz CT molecular complexity index is 265. The SMILES string of the molecule is C[Si](C)(C)OC1=CCCCCCCCCCCCCC1. The van der Waals surface area contributed by atoms with Gasteiger partial charge in [-0.25, -0.2) is 0 Å². The average Bonchev–Trinajstić information content (AvgIpc) is 2.37. The van der Waals surface area contributed by atoms with Gasteiger partial charge >= 0.3 is 0 Å². The lowest BCUT2D eigenvalue weighted by Crippen LogP contribution is -2.24. The van der Waals surface area contributed by atoms with Gasteiger partial charge in [-0.2, -0.15) is 0 Å². The Balaban J connectivity index is 2.41. The molecule has 0 aliphatic heterocycles. The molecular formula is C18H36OSi. The molecule has 0 aromatic rings. The van der Waals surface area contributed by atoms with Gasteiger partial charge in [0.2, 0.25) is 8.32 Å². The van der Waals surface area contributed by atoms with Crippen molar-refractivity contribution >= 4 is 8.32 Å². The third kappa shape index (κ3) is 10.5. The summed E-state index contributed by atoms with van der Waals surface area (Å²) in [5, 5.41) is 0. The molecule has 0 bridgehead atoms. The molecule has 0 aromatic carbocycles. The van der Waals surface area contributed by atoms with Crippen LogP contribution in [0.2, 0.25) is 19.6 Å². The molecule has 0 unspecified atom stereocenters. The first-order chi connectivity index (χ1) is 9.58. The van der Waals surface area contributed by atoms with Crippen LogP contribution in [-0.4, -0.2) is 8.32 Å². The lowest BCUT2D eigenvalue weighted by Gasteiger charge is -2.22. The summed E-state index contributed by atoms with van der Waals surface area (Å²) in [5.74, 6) is 1.30. The van der Waals surface area contributed by atoms with E-state index in [1.807, 2.05) is 0 Å². The molecule has 1 rings (SSSR count). The van der Waals surface area contributed by atoms with Gasteiger partial charge in [-0.15, -0.1) is 0 Å². The highest BCUT2D eigenvalue weighted by Gasteiger charge is 2.17. The molecule has 0 N–H and O–H groups in total. The maximum Gasteiger partial charge on any atom is 0.241 e. The van der Waals surface area contributed by atoms with E-state index in [2.05, 4.69) is 25.7 Å². The maximum atomic E-state index is 6.26. The zero-order chi connectivity index (χ0) is 14.7. The first-order valence-electron chi connectivity index (χ1n) is 8.96. The van der Waals surface area contributed by atoms with Gasteiger partial charge in [0.1, 0.15) is 0 Å². The van der Waals surface area contributed by atoms with Gasteiger partial charge in [0.25, 0.3) is 0 Å². The molecule has 0 heterocycles. The van der Waals surface area contributed by atoms with Crippen LogP contribution in [0.25, 0.3) is 0 Å². The van der Waals surface area contributed by atoms with Crippen LogP contribution in [0, 0.1) is 0 Å². The van der Waals surface area contributed by atoms with Crippen LogP contribution in [0.4, 0.5) is 0 Å². The van der Waals surface area contributed by atoms with Crippen molar-refractivity contribution in [3.63, 3.8) is 0 Å². The molecule has 0 saturated carbocycles. The Morgan fingerprint density at radius 1 is 0.700 bits per heavy atom. The third-order valence-corrected chi connectivity index (χ3v) is 4.81. The largest absolute Gasteiger partial charge is 0.548 e. The van der Waals surface area contributed by atoms with Crippen molar-refractivity contribution < 1.29 is 4.43 Å². The molecule has 1 nitrogen and oxygen atoms in total. The molecule has 0 spiro atoms. The van der Waals surface area contributed by atoms with E-state index >= 15 is 0 Å². The summed E-state index contributed by atoms with van der Waals surface area (Å²) in [7, 11) is -1.43. The second-order valence-corrected chi connectivity index (χ2v) is 11.7. The normalized spacial score (nSPS) is 21.4. The number of rotatable bonds is 2. The second kappa shape index (κ2) is 10.5. The quantitative estimate of drug-likeness (QED) is 0.509. The smallest absolute Gasteiger partial charge is 0.241 e. The Kier molecular flexibility index (Phi) is 9.33. The molecule has 0 amide bonds. The number of hydrogen-bond acceptors (Lipinski definition) is 1. The van der Waals surface area contributed by atoms with Crippen molar-refractivity contribution in [2.75, 3.05) is 0 Å². The van der Waals surface area contributed by atoms with E-state index in [0.29, 0.717) is 0 Å². The van der Waals surface area contributed by atoms with Crippen molar-refractivity contribution in [1.82, 2.24) is 0 Å². The van der Waals surface area contributed by atoms with E-state index in [0.717, 1.165) is 0 Å². The molecule has 0 atom stereocenters. The van der Waals surface area contributed by atoms with Gasteiger partial charge in [-0.1, -0.05) is 57.8 Å². The van der Waals surface area contributed by atoms with Gasteiger partial charge in [-0.05, 0) is 45.0 Å². The summed E-state index contributed by atoms with van der Waals surface area (Å²) < 4.78 is 6.26. The molecule has 0 aromatic heterocycles. The molecule has 20 heavy (non-hydrogen) atoms. The van der Waals surface area contributed by atoms with Gasteiger partial charge in [0, 0.05) is 6.42 Å². The zero-order valence-corrected chi connectivity index (χ0v) is 15.2. The highest BCUT2D eigenvalue weighted by Crippen LogP contribution is 2.20.